The molecule has 2 rings (SSSR count). The monoisotopic (exact) mass is 380 g/mol. The zero-order valence-corrected chi connectivity index (χ0v) is 16.3. The Hall–Kier alpha value is -2.35. The molecule has 150 valence electrons. The number of amides is 1. The van der Waals surface area contributed by atoms with Gasteiger partial charge in [0.15, 0.2) is 11.5 Å². The first-order chi connectivity index (χ1) is 12.9. The Balaban J connectivity index is 2.28. The highest BCUT2D eigenvalue weighted by atomic mass is 16.6. The van der Waals surface area contributed by atoms with Crippen molar-refractivity contribution in [3.05, 3.63) is 27.8 Å². The maximum absolute atomic E-state index is 12.8. The largest absolute Gasteiger partial charge is 0.493 e. The topological polar surface area (TPSA) is 99.9 Å². The fourth-order valence-corrected chi connectivity index (χ4v) is 3.42. The fourth-order valence-electron chi connectivity index (χ4n) is 3.42. The number of nitro groups is 1. The Morgan fingerprint density at radius 1 is 1.22 bits per heavy atom. The molecule has 27 heavy (non-hydrogen) atoms. The molecule has 8 nitrogen and oxygen atoms in total. The van der Waals surface area contributed by atoms with Gasteiger partial charge >= 0.3 is 0 Å². The lowest BCUT2D eigenvalue weighted by molar-refractivity contribution is -0.385. The number of nitrogens with zero attached hydrogens (tertiary/aromatic N) is 1. The van der Waals surface area contributed by atoms with E-state index in [0.717, 1.165) is 19.3 Å². The van der Waals surface area contributed by atoms with Crippen molar-refractivity contribution in [1.82, 2.24) is 5.32 Å². The van der Waals surface area contributed by atoms with Crippen LogP contribution < -0.4 is 14.8 Å². The average molecular weight is 380 g/mol. The number of nitrogens with one attached hydrogen (secondary N) is 1. The second kappa shape index (κ2) is 9.55. The van der Waals surface area contributed by atoms with E-state index in [-0.39, 0.29) is 35.4 Å². The molecule has 0 aliphatic heterocycles. The van der Waals surface area contributed by atoms with Crippen LogP contribution in [-0.4, -0.2) is 44.3 Å². The minimum Gasteiger partial charge on any atom is -0.493 e. The van der Waals surface area contributed by atoms with Crippen LogP contribution in [0.3, 0.4) is 0 Å². The molecule has 1 saturated carbocycles. The lowest BCUT2D eigenvalue weighted by atomic mass is 9.78. The van der Waals surface area contributed by atoms with E-state index in [1.165, 1.54) is 26.4 Å². The van der Waals surface area contributed by atoms with Crippen LogP contribution in [0.25, 0.3) is 0 Å². The second-order valence-corrected chi connectivity index (χ2v) is 6.97. The van der Waals surface area contributed by atoms with E-state index >= 15 is 0 Å². The molecule has 0 saturated heterocycles. The summed E-state index contributed by atoms with van der Waals surface area (Å²) >= 11 is 0. The number of nitro benzene ring substituents is 1. The van der Waals surface area contributed by atoms with Crippen molar-refractivity contribution in [3.63, 3.8) is 0 Å². The van der Waals surface area contributed by atoms with Crippen molar-refractivity contribution in [2.75, 3.05) is 27.4 Å². The van der Waals surface area contributed by atoms with Gasteiger partial charge in [0.1, 0.15) is 12.2 Å². The Morgan fingerprint density at radius 3 is 2.59 bits per heavy atom. The number of rotatable bonds is 8. The van der Waals surface area contributed by atoms with E-state index in [0.29, 0.717) is 18.4 Å². The lowest BCUT2D eigenvalue weighted by Gasteiger charge is -2.34. The maximum atomic E-state index is 12.8. The summed E-state index contributed by atoms with van der Waals surface area (Å²) in [5, 5.41) is 14.5. The minimum absolute atomic E-state index is 0.00415. The van der Waals surface area contributed by atoms with Crippen LogP contribution in [0.1, 0.15) is 43.5 Å². The van der Waals surface area contributed by atoms with Crippen LogP contribution in [0, 0.1) is 22.0 Å². The van der Waals surface area contributed by atoms with Crippen molar-refractivity contribution in [2.24, 2.45) is 11.8 Å². The van der Waals surface area contributed by atoms with E-state index in [1.807, 2.05) is 0 Å². The molecular weight excluding hydrogens is 352 g/mol. The quantitative estimate of drug-likeness (QED) is 0.422. The molecule has 3 unspecified atom stereocenters. The smallest absolute Gasteiger partial charge is 0.286 e. The molecule has 0 radical (unpaired) electrons. The number of hydrogen-bond acceptors (Lipinski definition) is 6. The molecule has 1 fully saturated rings. The number of carbonyl (C=O) groups excluding carboxylic acids is 1. The van der Waals surface area contributed by atoms with Crippen molar-refractivity contribution in [1.29, 1.82) is 0 Å². The Labute approximate surface area is 159 Å². The third-order valence-corrected chi connectivity index (χ3v) is 5.29. The molecule has 3 atom stereocenters. The average Bonchev–Trinajstić information content (AvgIpc) is 2.65. The predicted molar refractivity (Wildman–Crippen MR) is 100 cm³/mol. The summed E-state index contributed by atoms with van der Waals surface area (Å²) in [6, 6.07) is 2.60. The van der Waals surface area contributed by atoms with Crippen LogP contribution in [0.4, 0.5) is 5.69 Å². The first kappa shape index (κ1) is 21.0. The SMILES string of the molecule is COCCOc1cc([N+](=O)[O-])c(C(=O)NC2CCCC(C)C2C)cc1OC. The molecule has 8 heteroatoms. The van der Waals surface area contributed by atoms with Crippen LogP contribution >= 0.6 is 0 Å². The van der Waals surface area contributed by atoms with E-state index < -0.39 is 10.8 Å². The number of ether oxygens (including phenoxy) is 3. The summed E-state index contributed by atoms with van der Waals surface area (Å²) in [7, 11) is 2.96. The van der Waals surface area contributed by atoms with Gasteiger partial charge in [0.05, 0.1) is 24.7 Å². The molecule has 1 amide bonds. The van der Waals surface area contributed by atoms with Gasteiger partial charge in [-0.15, -0.1) is 0 Å². The number of carbonyl (C=O) groups is 1. The minimum atomic E-state index is -0.579. The lowest BCUT2D eigenvalue weighted by Crippen LogP contribution is -2.43. The van der Waals surface area contributed by atoms with Gasteiger partial charge in [0, 0.05) is 19.2 Å². The molecule has 0 spiro atoms. The molecule has 1 aliphatic carbocycles. The summed E-state index contributed by atoms with van der Waals surface area (Å²) in [6.45, 7) is 4.82. The standard InChI is InChI=1S/C19H28N2O6/c1-12-6-5-7-15(13(12)2)20-19(22)14-10-17(26-4)18(27-9-8-25-3)11-16(14)21(23)24/h10-13,15H,5-9H2,1-4H3,(H,20,22). The van der Waals surface area contributed by atoms with Crippen LogP contribution in [0.15, 0.2) is 12.1 Å². The zero-order chi connectivity index (χ0) is 20.0. The Kier molecular flexibility index (Phi) is 7.41. The summed E-state index contributed by atoms with van der Waals surface area (Å²) in [5.74, 6) is 0.837. The fraction of sp³-hybridized carbons (Fsp3) is 0.632. The number of benzene rings is 1. The van der Waals surface area contributed by atoms with Gasteiger partial charge in [-0.3, -0.25) is 14.9 Å². The molecular formula is C19H28N2O6. The zero-order valence-electron chi connectivity index (χ0n) is 16.3. The third-order valence-electron chi connectivity index (χ3n) is 5.29. The molecule has 1 aromatic carbocycles. The molecule has 1 N–H and O–H groups in total. The second-order valence-electron chi connectivity index (χ2n) is 6.97. The molecule has 1 aliphatic rings. The van der Waals surface area contributed by atoms with E-state index in [4.69, 9.17) is 14.2 Å². The first-order valence-electron chi connectivity index (χ1n) is 9.18. The predicted octanol–water partition coefficient (Wildman–Crippen LogP) is 3.18. The molecule has 1 aromatic rings. The van der Waals surface area contributed by atoms with Crippen LogP contribution in [0.2, 0.25) is 0 Å². The summed E-state index contributed by atoms with van der Waals surface area (Å²) < 4.78 is 15.7. The van der Waals surface area contributed by atoms with Gasteiger partial charge in [-0.1, -0.05) is 26.7 Å². The summed E-state index contributed by atoms with van der Waals surface area (Å²) in [6.07, 6.45) is 3.05. The van der Waals surface area contributed by atoms with Crippen molar-refractivity contribution in [3.8, 4) is 11.5 Å². The van der Waals surface area contributed by atoms with Gasteiger partial charge < -0.3 is 19.5 Å². The van der Waals surface area contributed by atoms with E-state index in [2.05, 4.69) is 19.2 Å². The van der Waals surface area contributed by atoms with Gasteiger partial charge in [-0.2, -0.15) is 0 Å². The molecule has 0 heterocycles. The van der Waals surface area contributed by atoms with Gasteiger partial charge in [0.2, 0.25) is 0 Å². The van der Waals surface area contributed by atoms with Crippen LogP contribution in [0.5, 0.6) is 11.5 Å². The molecule has 0 aromatic heterocycles. The normalized spacial score (nSPS) is 22.1. The summed E-state index contributed by atoms with van der Waals surface area (Å²) in [5.41, 5.74) is -0.335. The maximum Gasteiger partial charge on any atom is 0.286 e. The highest BCUT2D eigenvalue weighted by Crippen LogP contribution is 2.35. The number of methoxy groups -OCH3 is 2. The van der Waals surface area contributed by atoms with Gasteiger partial charge in [0.25, 0.3) is 11.6 Å². The molecule has 0 bridgehead atoms. The van der Waals surface area contributed by atoms with Crippen molar-refractivity contribution in [2.45, 2.75) is 39.2 Å². The summed E-state index contributed by atoms with van der Waals surface area (Å²) in [4.78, 5) is 23.7. The Bertz CT molecular complexity index is 678. The first-order valence-corrected chi connectivity index (χ1v) is 9.18. The van der Waals surface area contributed by atoms with Crippen molar-refractivity contribution < 1.29 is 23.9 Å². The number of hydrogen-bond donors (Lipinski definition) is 1. The van der Waals surface area contributed by atoms with E-state index in [9.17, 15) is 14.9 Å². The Morgan fingerprint density at radius 2 is 1.96 bits per heavy atom. The van der Waals surface area contributed by atoms with Gasteiger partial charge in [-0.25, -0.2) is 0 Å². The van der Waals surface area contributed by atoms with Crippen molar-refractivity contribution >= 4 is 11.6 Å². The highest BCUT2D eigenvalue weighted by molar-refractivity contribution is 5.99. The van der Waals surface area contributed by atoms with E-state index in [1.54, 1.807) is 0 Å². The highest BCUT2D eigenvalue weighted by Gasteiger charge is 2.31. The van der Waals surface area contributed by atoms with Crippen LogP contribution in [-0.2, 0) is 4.74 Å². The van der Waals surface area contributed by atoms with Gasteiger partial charge in [-0.05, 0) is 18.3 Å². The third kappa shape index (κ3) is 5.09.